The Balaban J connectivity index is 1.79. The summed E-state index contributed by atoms with van der Waals surface area (Å²) in [6.07, 6.45) is 0.573. The van der Waals surface area contributed by atoms with Crippen LogP contribution in [0, 0.1) is 5.82 Å². The summed E-state index contributed by atoms with van der Waals surface area (Å²) in [5.74, 6) is 0.404. The standard InChI is InChI=1S/C16H17FN2O2/c1-21-15-7-3-6-14(11-15)19-16(20)18-9-8-12-4-2-5-13(17)10-12/h2-7,10-11H,8-9H2,1H3,(H2,18,19,20). The largest absolute Gasteiger partial charge is 0.497 e. The Kier molecular flexibility index (Phi) is 5.15. The molecule has 0 saturated heterocycles. The number of rotatable bonds is 5. The summed E-state index contributed by atoms with van der Waals surface area (Å²) in [6, 6.07) is 13.1. The molecule has 0 aliphatic heterocycles. The maximum Gasteiger partial charge on any atom is 0.319 e. The number of halogens is 1. The van der Waals surface area contributed by atoms with E-state index < -0.39 is 0 Å². The molecule has 5 heteroatoms. The lowest BCUT2D eigenvalue weighted by Gasteiger charge is -2.08. The molecule has 21 heavy (non-hydrogen) atoms. The summed E-state index contributed by atoms with van der Waals surface area (Å²) in [7, 11) is 1.57. The summed E-state index contributed by atoms with van der Waals surface area (Å²) in [5.41, 5.74) is 1.49. The number of ether oxygens (including phenoxy) is 1. The van der Waals surface area contributed by atoms with Gasteiger partial charge in [-0.25, -0.2) is 9.18 Å². The second-order valence-corrected chi connectivity index (χ2v) is 4.49. The average Bonchev–Trinajstić information content (AvgIpc) is 2.47. The van der Waals surface area contributed by atoms with Crippen molar-refractivity contribution in [3.63, 3.8) is 0 Å². The number of hydrogen-bond acceptors (Lipinski definition) is 2. The number of benzene rings is 2. The molecule has 2 rings (SSSR count). The Morgan fingerprint density at radius 1 is 1.19 bits per heavy atom. The van der Waals surface area contributed by atoms with Crippen molar-refractivity contribution in [2.24, 2.45) is 0 Å². The van der Waals surface area contributed by atoms with E-state index >= 15 is 0 Å². The zero-order valence-corrected chi connectivity index (χ0v) is 11.7. The number of hydrogen-bond donors (Lipinski definition) is 2. The summed E-state index contributed by atoms with van der Waals surface area (Å²) in [5, 5.41) is 5.43. The maximum absolute atomic E-state index is 13.0. The fourth-order valence-electron chi connectivity index (χ4n) is 1.89. The Hall–Kier alpha value is -2.56. The molecule has 2 aromatic rings. The van der Waals surface area contributed by atoms with E-state index in [4.69, 9.17) is 4.74 Å². The van der Waals surface area contributed by atoms with Gasteiger partial charge in [-0.05, 0) is 36.2 Å². The monoisotopic (exact) mass is 288 g/mol. The Bertz CT molecular complexity index is 617. The van der Waals surface area contributed by atoms with Crippen molar-refractivity contribution in [3.8, 4) is 5.75 Å². The summed E-state index contributed by atoms with van der Waals surface area (Å²) >= 11 is 0. The molecule has 0 bridgehead atoms. The van der Waals surface area contributed by atoms with Crippen LogP contribution >= 0.6 is 0 Å². The van der Waals surface area contributed by atoms with Gasteiger partial charge in [0.05, 0.1) is 7.11 Å². The van der Waals surface area contributed by atoms with Gasteiger partial charge < -0.3 is 15.4 Å². The highest BCUT2D eigenvalue weighted by Gasteiger charge is 2.02. The average molecular weight is 288 g/mol. The molecule has 0 aliphatic carbocycles. The van der Waals surface area contributed by atoms with Crippen molar-refractivity contribution in [1.29, 1.82) is 0 Å². The van der Waals surface area contributed by atoms with Gasteiger partial charge in [0.15, 0.2) is 0 Å². The van der Waals surface area contributed by atoms with Gasteiger partial charge in [0.25, 0.3) is 0 Å². The third kappa shape index (κ3) is 4.80. The van der Waals surface area contributed by atoms with E-state index in [2.05, 4.69) is 10.6 Å². The topological polar surface area (TPSA) is 50.4 Å². The number of carbonyl (C=O) groups excluding carboxylic acids is 1. The van der Waals surface area contributed by atoms with E-state index in [1.54, 1.807) is 37.4 Å². The lowest BCUT2D eigenvalue weighted by Crippen LogP contribution is -2.30. The molecular formula is C16H17FN2O2. The predicted octanol–water partition coefficient (Wildman–Crippen LogP) is 3.20. The van der Waals surface area contributed by atoms with Crippen LogP contribution in [-0.4, -0.2) is 19.7 Å². The Morgan fingerprint density at radius 3 is 2.76 bits per heavy atom. The molecule has 0 atom stereocenters. The molecule has 0 fully saturated rings. The molecule has 0 radical (unpaired) electrons. The highest BCUT2D eigenvalue weighted by molar-refractivity contribution is 5.89. The highest BCUT2D eigenvalue weighted by atomic mass is 19.1. The van der Waals surface area contributed by atoms with Crippen LogP contribution in [0.25, 0.3) is 0 Å². The van der Waals surface area contributed by atoms with Crippen LogP contribution in [0.2, 0.25) is 0 Å². The van der Waals surface area contributed by atoms with Crippen LogP contribution in [0.15, 0.2) is 48.5 Å². The zero-order chi connectivity index (χ0) is 15.1. The van der Waals surface area contributed by atoms with E-state index in [0.29, 0.717) is 24.4 Å². The SMILES string of the molecule is COc1cccc(NC(=O)NCCc2cccc(F)c2)c1. The first-order valence-electron chi connectivity index (χ1n) is 6.61. The van der Waals surface area contributed by atoms with E-state index in [0.717, 1.165) is 5.56 Å². The maximum atomic E-state index is 13.0. The number of anilines is 1. The van der Waals surface area contributed by atoms with E-state index in [-0.39, 0.29) is 11.8 Å². The van der Waals surface area contributed by atoms with Crippen molar-refractivity contribution >= 4 is 11.7 Å². The fraction of sp³-hybridized carbons (Fsp3) is 0.188. The number of amides is 2. The van der Waals surface area contributed by atoms with Gasteiger partial charge in [0.1, 0.15) is 11.6 Å². The molecule has 0 spiro atoms. The molecular weight excluding hydrogens is 271 g/mol. The number of urea groups is 1. The van der Waals surface area contributed by atoms with Gasteiger partial charge in [0.2, 0.25) is 0 Å². The minimum Gasteiger partial charge on any atom is -0.497 e. The normalized spacial score (nSPS) is 10.0. The number of nitrogens with one attached hydrogen (secondary N) is 2. The lowest BCUT2D eigenvalue weighted by molar-refractivity contribution is 0.252. The molecule has 2 N–H and O–H groups in total. The molecule has 0 aromatic heterocycles. The molecule has 0 aliphatic rings. The molecule has 2 aromatic carbocycles. The lowest BCUT2D eigenvalue weighted by atomic mass is 10.1. The molecule has 0 saturated carbocycles. The van der Waals surface area contributed by atoms with Gasteiger partial charge in [-0.2, -0.15) is 0 Å². The second-order valence-electron chi connectivity index (χ2n) is 4.49. The zero-order valence-electron chi connectivity index (χ0n) is 11.7. The highest BCUT2D eigenvalue weighted by Crippen LogP contribution is 2.16. The van der Waals surface area contributed by atoms with Crippen molar-refractivity contribution in [2.75, 3.05) is 19.0 Å². The predicted molar refractivity (Wildman–Crippen MR) is 80.1 cm³/mol. The first kappa shape index (κ1) is 14.8. The quantitative estimate of drug-likeness (QED) is 0.887. The van der Waals surface area contributed by atoms with Crippen LogP contribution in [-0.2, 0) is 6.42 Å². The third-order valence-corrected chi connectivity index (χ3v) is 2.92. The van der Waals surface area contributed by atoms with Gasteiger partial charge in [-0.15, -0.1) is 0 Å². The Labute approximate surface area is 122 Å². The molecule has 0 unspecified atom stereocenters. The first-order chi connectivity index (χ1) is 10.2. The molecule has 0 heterocycles. The molecule has 4 nitrogen and oxygen atoms in total. The smallest absolute Gasteiger partial charge is 0.319 e. The number of carbonyl (C=O) groups is 1. The van der Waals surface area contributed by atoms with Crippen molar-refractivity contribution in [1.82, 2.24) is 5.32 Å². The van der Waals surface area contributed by atoms with Crippen LogP contribution < -0.4 is 15.4 Å². The molecule has 2 amide bonds. The van der Waals surface area contributed by atoms with E-state index in [1.165, 1.54) is 12.1 Å². The molecule has 110 valence electrons. The van der Waals surface area contributed by atoms with E-state index in [9.17, 15) is 9.18 Å². The number of methoxy groups -OCH3 is 1. The fourth-order valence-corrected chi connectivity index (χ4v) is 1.89. The van der Waals surface area contributed by atoms with Crippen LogP contribution in [0.1, 0.15) is 5.56 Å². The van der Waals surface area contributed by atoms with Gasteiger partial charge in [0, 0.05) is 18.3 Å². The van der Waals surface area contributed by atoms with Gasteiger partial charge in [-0.1, -0.05) is 18.2 Å². The first-order valence-corrected chi connectivity index (χ1v) is 6.61. The Morgan fingerprint density at radius 2 is 2.00 bits per heavy atom. The van der Waals surface area contributed by atoms with Gasteiger partial charge in [-0.3, -0.25) is 0 Å². The van der Waals surface area contributed by atoms with Crippen LogP contribution in [0.5, 0.6) is 5.75 Å². The third-order valence-electron chi connectivity index (χ3n) is 2.92. The summed E-state index contributed by atoms with van der Waals surface area (Å²) in [6.45, 7) is 0.430. The van der Waals surface area contributed by atoms with Crippen molar-refractivity contribution in [3.05, 3.63) is 59.9 Å². The van der Waals surface area contributed by atoms with E-state index in [1.807, 2.05) is 6.07 Å². The minimum absolute atomic E-state index is 0.270. The van der Waals surface area contributed by atoms with Crippen LogP contribution in [0.4, 0.5) is 14.9 Å². The van der Waals surface area contributed by atoms with Gasteiger partial charge >= 0.3 is 6.03 Å². The minimum atomic E-state index is -0.306. The summed E-state index contributed by atoms with van der Waals surface area (Å²) in [4.78, 5) is 11.7. The van der Waals surface area contributed by atoms with Crippen LogP contribution in [0.3, 0.4) is 0 Å². The van der Waals surface area contributed by atoms with Crippen molar-refractivity contribution < 1.29 is 13.9 Å². The summed E-state index contributed by atoms with van der Waals surface area (Å²) < 4.78 is 18.1. The second kappa shape index (κ2) is 7.28. The van der Waals surface area contributed by atoms with Crippen molar-refractivity contribution in [2.45, 2.75) is 6.42 Å².